The Bertz CT molecular complexity index is 278. The summed E-state index contributed by atoms with van der Waals surface area (Å²) in [5.41, 5.74) is 7.05. The molecule has 1 rings (SSSR count). The van der Waals surface area contributed by atoms with Gasteiger partial charge in [0.05, 0.1) is 11.7 Å². The monoisotopic (exact) mass is 210 g/mol. The van der Waals surface area contributed by atoms with Gasteiger partial charge in [0.15, 0.2) is 0 Å². The van der Waals surface area contributed by atoms with Crippen LogP contribution in [0.15, 0.2) is 12.3 Å². The number of nitrogens with two attached hydrogens (primary N) is 1. The van der Waals surface area contributed by atoms with Gasteiger partial charge in [-0.2, -0.15) is 5.10 Å². The van der Waals surface area contributed by atoms with Crippen molar-refractivity contribution in [3.05, 3.63) is 18.0 Å². The van der Waals surface area contributed by atoms with Crippen molar-refractivity contribution in [1.29, 1.82) is 0 Å². The van der Waals surface area contributed by atoms with Crippen molar-refractivity contribution >= 4 is 0 Å². The zero-order valence-corrected chi connectivity index (χ0v) is 9.98. The summed E-state index contributed by atoms with van der Waals surface area (Å²) in [6.45, 7) is 7.58. The second kappa shape index (κ2) is 5.88. The fourth-order valence-corrected chi connectivity index (χ4v) is 1.64. The third-order valence-electron chi connectivity index (χ3n) is 2.76. The van der Waals surface area contributed by atoms with Crippen LogP contribution in [-0.2, 0) is 7.05 Å². The van der Waals surface area contributed by atoms with E-state index in [4.69, 9.17) is 5.73 Å². The minimum atomic E-state index is 0.0619. The molecule has 1 aromatic rings. The van der Waals surface area contributed by atoms with E-state index in [1.54, 1.807) is 4.68 Å². The maximum atomic E-state index is 6.06. The van der Waals surface area contributed by atoms with E-state index in [0.717, 1.165) is 31.7 Å². The van der Waals surface area contributed by atoms with E-state index in [1.807, 2.05) is 19.3 Å². The Morgan fingerprint density at radius 1 is 1.47 bits per heavy atom. The van der Waals surface area contributed by atoms with Crippen LogP contribution in [0.3, 0.4) is 0 Å². The number of nitrogens with zero attached hydrogens (tertiary/aromatic N) is 3. The Labute approximate surface area is 92.1 Å². The molecule has 1 heterocycles. The molecule has 0 radical (unpaired) electrons. The maximum Gasteiger partial charge on any atom is 0.0792 e. The molecule has 4 nitrogen and oxygen atoms in total. The molecule has 0 fully saturated rings. The lowest BCUT2D eigenvalue weighted by molar-refractivity contribution is 0.290. The van der Waals surface area contributed by atoms with E-state index < -0.39 is 0 Å². The Balaban J connectivity index is 2.39. The fraction of sp³-hybridized carbons (Fsp3) is 0.727. The lowest BCUT2D eigenvalue weighted by Crippen LogP contribution is -2.27. The second-order valence-electron chi connectivity index (χ2n) is 3.84. The summed E-state index contributed by atoms with van der Waals surface area (Å²) < 4.78 is 1.80. The third-order valence-corrected chi connectivity index (χ3v) is 2.76. The van der Waals surface area contributed by atoms with Gasteiger partial charge in [-0.1, -0.05) is 13.8 Å². The fourth-order valence-electron chi connectivity index (χ4n) is 1.64. The molecule has 0 aliphatic heterocycles. The van der Waals surface area contributed by atoms with E-state index >= 15 is 0 Å². The number of aromatic nitrogens is 2. The summed E-state index contributed by atoms with van der Waals surface area (Å²) in [6, 6.07) is 2.05. The minimum absolute atomic E-state index is 0.0619. The molecule has 0 aromatic carbocycles. The molecule has 0 saturated heterocycles. The quantitative estimate of drug-likeness (QED) is 0.766. The van der Waals surface area contributed by atoms with E-state index in [0.29, 0.717) is 0 Å². The van der Waals surface area contributed by atoms with Crippen molar-refractivity contribution in [3.63, 3.8) is 0 Å². The zero-order valence-electron chi connectivity index (χ0n) is 9.98. The highest BCUT2D eigenvalue weighted by Crippen LogP contribution is 2.11. The number of hydrogen-bond acceptors (Lipinski definition) is 3. The first-order chi connectivity index (χ1) is 7.17. The average Bonchev–Trinajstić information content (AvgIpc) is 2.66. The van der Waals surface area contributed by atoms with Crippen LogP contribution in [0.25, 0.3) is 0 Å². The van der Waals surface area contributed by atoms with Crippen LogP contribution in [0, 0.1) is 0 Å². The predicted octanol–water partition coefficient (Wildman–Crippen LogP) is 1.15. The summed E-state index contributed by atoms with van der Waals surface area (Å²) >= 11 is 0. The molecule has 15 heavy (non-hydrogen) atoms. The standard InChI is InChI=1S/C11H22N4/c1-4-15(5-2)9-6-10(12)11-7-8-14(3)13-11/h7-8,10H,4-6,9,12H2,1-3H3. The van der Waals surface area contributed by atoms with E-state index in [-0.39, 0.29) is 6.04 Å². The van der Waals surface area contributed by atoms with Gasteiger partial charge < -0.3 is 10.6 Å². The molecule has 4 heteroatoms. The smallest absolute Gasteiger partial charge is 0.0792 e. The lowest BCUT2D eigenvalue weighted by Gasteiger charge is -2.19. The number of rotatable bonds is 6. The molecule has 86 valence electrons. The van der Waals surface area contributed by atoms with Gasteiger partial charge in [-0.3, -0.25) is 4.68 Å². The lowest BCUT2D eigenvalue weighted by atomic mass is 10.1. The average molecular weight is 210 g/mol. The van der Waals surface area contributed by atoms with Gasteiger partial charge in [-0.15, -0.1) is 0 Å². The molecule has 1 atom stereocenters. The summed E-state index contributed by atoms with van der Waals surface area (Å²) in [7, 11) is 1.92. The van der Waals surface area contributed by atoms with Gasteiger partial charge in [-0.05, 0) is 32.1 Å². The van der Waals surface area contributed by atoms with E-state index in [2.05, 4.69) is 23.8 Å². The minimum Gasteiger partial charge on any atom is -0.323 e. The molecule has 0 aliphatic carbocycles. The van der Waals surface area contributed by atoms with Crippen LogP contribution in [0.1, 0.15) is 32.0 Å². The number of hydrogen-bond donors (Lipinski definition) is 1. The Morgan fingerprint density at radius 3 is 2.60 bits per heavy atom. The van der Waals surface area contributed by atoms with Crippen LogP contribution in [0.5, 0.6) is 0 Å². The molecule has 0 saturated carbocycles. The normalized spacial score (nSPS) is 13.4. The highest BCUT2D eigenvalue weighted by Gasteiger charge is 2.10. The van der Waals surface area contributed by atoms with Crippen molar-refractivity contribution < 1.29 is 0 Å². The molecule has 1 unspecified atom stereocenters. The molecule has 2 N–H and O–H groups in total. The van der Waals surface area contributed by atoms with Crippen LogP contribution in [0.2, 0.25) is 0 Å². The summed E-state index contributed by atoms with van der Waals surface area (Å²) in [5, 5.41) is 4.31. The van der Waals surface area contributed by atoms with Gasteiger partial charge in [0, 0.05) is 13.2 Å². The van der Waals surface area contributed by atoms with Gasteiger partial charge in [0.1, 0.15) is 0 Å². The topological polar surface area (TPSA) is 47.1 Å². The van der Waals surface area contributed by atoms with Crippen LogP contribution in [-0.4, -0.2) is 34.3 Å². The van der Waals surface area contributed by atoms with E-state index in [1.165, 1.54) is 0 Å². The van der Waals surface area contributed by atoms with Crippen LogP contribution >= 0.6 is 0 Å². The van der Waals surface area contributed by atoms with Crippen molar-refractivity contribution in [2.24, 2.45) is 12.8 Å². The first-order valence-electron chi connectivity index (χ1n) is 5.64. The zero-order chi connectivity index (χ0) is 11.3. The van der Waals surface area contributed by atoms with Crippen molar-refractivity contribution in [2.75, 3.05) is 19.6 Å². The van der Waals surface area contributed by atoms with E-state index in [9.17, 15) is 0 Å². The van der Waals surface area contributed by atoms with Crippen LogP contribution in [0.4, 0.5) is 0 Å². The summed E-state index contributed by atoms with van der Waals surface area (Å²) in [5.74, 6) is 0. The van der Waals surface area contributed by atoms with Gasteiger partial charge in [0.25, 0.3) is 0 Å². The molecule has 0 bridgehead atoms. The van der Waals surface area contributed by atoms with Gasteiger partial charge in [-0.25, -0.2) is 0 Å². The Kier molecular flexibility index (Phi) is 4.78. The van der Waals surface area contributed by atoms with Crippen molar-refractivity contribution in [3.8, 4) is 0 Å². The molecular formula is C11H22N4. The Hall–Kier alpha value is -0.870. The summed E-state index contributed by atoms with van der Waals surface area (Å²) in [6.07, 6.45) is 2.91. The Morgan fingerprint density at radius 2 is 2.13 bits per heavy atom. The van der Waals surface area contributed by atoms with Gasteiger partial charge >= 0.3 is 0 Å². The largest absolute Gasteiger partial charge is 0.323 e. The second-order valence-corrected chi connectivity index (χ2v) is 3.84. The molecule has 0 aliphatic rings. The number of aryl methyl sites for hydroxylation is 1. The summed E-state index contributed by atoms with van der Waals surface area (Å²) in [4.78, 5) is 2.38. The SMILES string of the molecule is CCN(CC)CCC(N)c1ccn(C)n1. The highest BCUT2D eigenvalue weighted by atomic mass is 15.3. The first kappa shape index (κ1) is 12.2. The molecular weight excluding hydrogens is 188 g/mol. The molecule has 0 spiro atoms. The first-order valence-corrected chi connectivity index (χ1v) is 5.64. The highest BCUT2D eigenvalue weighted by molar-refractivity contribution is 5.04. The molecule has 0 amide bonds. The van der Waals surface area contributed by atoms with Gasteiger partial charge in [0.2, 0.25) is 0 Å². The van der Waals surface area contributed by atoms with Crippen LogP contribution < -0.4 is 5.73 Å². The molecule has 1 aromatic heterocycles. The predicted molar refractivity (Wildman–Crippen MR) is 62.5 cm³/mol. The third kappa shape index (κ3) is 3.64. The van der Waals surface area contributed by atoms with Crippen molar-refractivity contribution in [1.82, 2.24) is 14.7 Å². The van der Waals surface area contributed by atoms with Crippen molar-refractivity contribution in [2.45, 2.75) is 26.3 Å². The maximum absolute atomic E-state index is 6.06.